The van der Waals surface area contributed by atoms with Crippen molar-refractivity contribution in [3.63, 3.8) is 0 Å². The third-order valence-electron chi connectivity index (χ3n) is 6.70. The van der Waals surface area contributed by atoms with Gasteiger partial charge in [0, 0.05) is 34.1 Å². The number of amides is 1. The predicted octanol–water partition coefficient (Wildman–Crippen LogP) is 5.63. The molecule has 3 nitrogen and oxygen atoms in total. The number of halogens is 7. The molecule has 0 radical (unpaired) electrons. The Morgan fingerprint density at radius 2 is 1.77 bits per heavy atom. The summed E-state index contributed by atoms with van der Waals surface area (Å²) >= 11 is 7.32. The zero-order valence-corrected chi connectivity index (χ0v) is 16.5. The Hall–Kier alpha value is -1.81. The van der Waals surface area contributed by atoms with Crippen LogP contribution in [0.1, 0.15) is 22.5 Å². The Labute approximate surface area is 175 Å². The highest BCUT2D eigenvalue weighted by molar-refractivity contribution is 7.21. The first kappa shape index (κ1) is 20.1. The van der Waals surface area contributed by atoms with E-state index in [-0.39, 0.29) is 16.3 Å². The van der Waals surface area contributed by atoms with Gasteiger partial charge < -0.3 is 0 Å². The summed E-state index contributed by atoms with van der Waals surface area (Å²) in [7, 11) is 0. The summed E-state index contributed by atoms with van der Waals surface area (Å²) in [5.41, 5.74) is -5.62. The van der Waals surface area contributed by atoms with Crippen LogP contribution in [0.5, 0.6) is 0 Å². The zero-order valence-electron chi connectivity index (χ0n) is 14.9. The molecule has 1 aromatic heterocycles. The van der Waals surface area contributed by atoms with Gasteiger partial charge in [0.05, 0.1) is 5.02 Å². The average molecular weight is 467 g/mol. The number of fused-ring (bicyclic) bond motifs is 6. The van der Waals surface area contributed by atoms with Crippen LogP contribution in [0.3, 0.4) is 0 Å². The van der Waals surface area contributed by atoms with Crippen LogP contribution in [0.4, 0.5) is 26.3 Å². The number of benzene rings is 1. The van der Waals surface area contributed by atoms with Gasteiger partial charge in [-0.1, -0.05) is 29.8 Å². The first-order valence-corrected chi connectivity index (χ1v) is 10.3. The van der Waals surface area contributed by atoms with Crippen molar-refractivity contribution in [3.05, 3.63) is 34.2 Å². The molecule has 0 spiro atoms. The van der Waals surface area contributed by atoms with E-state index < -0.39 is 53.3 Å². The number of nitrogens with zero attached hydrogens (tertiary/aromatic N) is 1. The Morgan fingerprint density at radius 3 is 2.47 bits per heavy atom. The molecular formula is C19H13ClF6N2OS. The van der Waals surface area contributed by atoms with E-state index in [1.54, 1.807) is 24.3 Å². The molecule has 5 atom stereocenters. The molecule has 1 aromatic carbocycles. The summed E-state index contributed by atoms with van der Waals surface area (Å²) in [6.07, 6.45) is 0.351. The number of thiophene rings is 1. The van der Waals surface area contributed by atoms with E-state index in [0.29, 0.717) is 5.39 Å². The van der Waals surface area contributed by atoms with Crippen LogP contribution >= 0.6 is 22.9 Å². The number of alkyl halides is 6. The van der Waals surface area contributed by atoms with Crippen molar-refractivity contribution < 1.29 is 31.1 Å². The summed E-state index contributed by atoms with van der Waals surface area (Å²) in [6, 6.07) is 7.05. The van der Waals surface area contributed by atoms with Crippen molar-refractivity contribution in [2.24, 2.45) is 22.9 Å². The molecule has 1 amide bonds. The molecule has 0 saturated heterocycles. The maximum absolute atomic E-state index is 14.9. The van der Waals surface area contributed by atoms with Crippen LogP contribution in [-0.2, 0) is 0 Å². The topological polar surface area (TPSA) is 41.5 Å². The third-order valence-corrected chi connectivity index (χ3v) is 8.37. The van der Waals surface area contributed by atoms with Crippen molar-refractivity contribution in [2.75, 3.05) is 0 Å². The van der Waals surface area contributed by atoms with Crippen LogP contribution in [0, 0.1) is 17.8 Å². The van der Waals surface area contributed by atoms with Gasteiger partial charge in [0.2, 0.25) is 11.3 Å². The van der Waals surface area contributed by atoms with Gasteiger partial charge in [-0.05, 0) is 18.9 Å². The van der Waals surface area contributed by atoms with E-state index in [2.05, 4.69) is 10.5 Å². The molecule has 2 aromatic rings. The Morgan fingerprint density at radius 1 is 1.10 bits per heavy atom. The number of rotatable bonds is 3. The molecule has 0 aliphatic heterocycles. The maximum Gasteiger partial charge on any atom is 0.350 e. The summed E-state index contributed by atoms with van der Waals surface area (Å²) < 4.78 is 85.5. The Bertz CT molecular complexity index is 1110. The lowest BCUT2D eigenvalue weighted by molar-refractivity contribution is -0.449. The van der Waals surface area contributed by atoms with Gasteiger partial charge in [-0.15, -0.1) is 11.3 Å². The molecule has 3 aliphatic carbocycles. The molecule has 1 N–H and O–H groups in total. The zero-order chi connectivity index (χ0) is 21.7. The van der Waals surface area contributed by atoms with Crippen molar-refractivity contribution in [2.45, 2.75) is 36.0 Å². The van der Waals surface area contributed by atoms with E-state index in [9.17, 15) is 31.1 Å². The minimum Gasteiger partial charge on any atom is -0.266 e. The summed E-state index contributed by atoms with van der Waals surface area (Å²) in [6.45, 7) is 0. The summed E-state index contributed by atoms with van der Waals surface area (Å²) in [4.78, 5) is 12.5. The molecular weight excluding hydrogens is 454 g/mol. The van der Waals surface area contributed by atoms with E-state index in [1.807, 2.05) is 0 Å². The standard InChI is InChI=1S/C19H13ClF6N2OS/c20-13-10-3-1-2-4-12(10)30-14(13)15(29)28-27-7-8-5-9-6-11(8)17(22)16(9,21)18(23,24)19(17,25)26/h1-4,7-9,11H,5-6H2,(H,28,29)/b27-7-/t8-,9-,11+,16-,17+/m0/s1. The van der Waals surface area contributed by atoms with E-state index in [4.69, 9.17) is 11.6 Å². The van der Waals surface area contributed by atoms with E-state index in [0.717, 1.165) is 22.3 Å². The smallest absolute Gasteiger partial charge is 0.266 e. The van der Waals surface area contributed by atoms with Crippen LogP contribution in [0.15, 0.2) is 29.4 Å². The third kappa shape index (κ3) is 2.00. The Kier molecular flexibility index (Phi) is 3.96. The number of hydrogen-bond donors (Lipinski definition) is 1. The van der Waals surface area contributed by atoms with Crippen molar-refractivity contribution in [1.82, 2.24) is 5.43 Å². The SMILES string of the molecule is O=C(N/N=C\[C@@H]1C[C@H]2C[C@H]1[C@]1(F)C(F)(F)C(F)(F)[C@]21F)c1sc2ccccc2c1Cl. The average Bonchev–Trinajstić information content (AvgIpc) is 3.33. The lowest BCUT2D eigenvalue weighted by Crippen LogP contribution is -2.88. The monoisotopic (exact) mass is 466 g/mol. The largest absolute Gasteiger partial charge is 0.350 e. The van der Waals surface area contributed by atoms with Crippen LogP contribution < -0.4 is 5.43 Å². The minimum absolute atomic E-state index is 0.179. The number of carbonyl (C=O) groups is 1. The van der Waals surface area contributed by atoms with Gasteiger partial charge in [0.15, 0.2) is 0 Å². The minimum atomic E-state index is -5.09. The first-order valence-electron chi connectivity index (χ1n) is 9.12. The quantitative estimate of drug-likeness (QED) is 0.356. The molecule has 11 heteroatoms. The lowest BCUT2D eigenvalue weighted by atomic mass is 9.53. The van der Waals surface area contributed by atoms with Gasteiger partial charge in [0.25, 0.3) is 5.91 Å². The predicted molar refractivity (Wildman–Crippen MR) is 100 cm³/mol. The molecule has 3 fully saturated rings. The highest BCUT2D eigenvalue weighted by Crippen LogP contribution is 2.81. The van der Waals surface area contributed by atoms with Gasteiger partial charge in [-0.25, -0.2) is 14.2 Å². The van der Waals surface area contributed by atoms with E-state index in [1.165, 1.54) is 0 Å². The van der Waals surface area contributed by atoms with Crippen LogP contribution in [-0.4, -0.2) is 35.3 Å². The molecule has 160 valence electrons. The highest BCUT2D eigenvalue weighted by Gasteiger charge is 3.03. The number of hydrazone groups is 1. The number of nitrogens with one attached hydrogen (secondary N) is 1. The fourth-order valence-corrected chi connectivity index (χ4v) is 6.73. The second kappa shape index (κ2) is 5.91. The summed E-state index contributed by atoms with van der Waals surface area (Å²) in [5.74, 6) is -15.0. The molecule has 30 heavy (non-hydrogen) atoms. The number of carbonyl (C=O) groups excluding carboxylic acids is 1. The molecule has 5 rings (SSSR count). The van der Waals surface area contributed by atoms with Gasteiger partial charge in [-0.3, -0.25) is 4.79 Å². The highest BCUT2D eigenvalue weighted by atomic mass is 35.5. The molecule has 0 unspecified atom stereocenters. The van der Waals surface area contributed by atoms with Crippen molar-refractivity contribution >= 4 is 45.1 Å². The van der Waals surface area contributed by atoms with Gasteiger partial charge in [0.1, 0.15) is 4.88 Å². The first-order chi connectivity index (χ1) is 14.0. The second-order valence-electron chi connectivity index (χ2n) is 7.97. The summed E-state index contributed by atoms with van der Waals surface area (Å²) in [5, 5.41) is 4.59. The van der Waals surface area contributed by atoms with Crippen molar-refractivity contribution in [1.29, 1.82) is 0 Å². The number of hydrogen-bond acceptors (Lipinski definition) is 3. The van der Waals surface area contributed by atoms with Crippen molar-refractivity contribution in [3.8, 4) is 0 Å². The van der Waals surface area contributed by atoms with Crippen LogP contribution in [0.25, 0.3) is 10.1 Å². The molecule has 3 aliphatic rings. The van der Waals surface area contributed by atoms with Gasteiger partial charge >= 0.3 is 11.8 Å². The maximum atomic E-state index is 14.9. The molecule has 2 bridgehead atoms. The van der Waals surface area contributed by atoms with Gasteiger partial charge in [-0.2, -0.15) is 22.7 Å². The van der Waals surface area contributed by atoms with E-state index >= 15 is 0 Å². The lowest BCUT2D eigenvalue weighted by Gasteiger charge is -2.61. The Balaban J connectivity index is 1.33. The normalized spacial score (nSPS) is 38.0. The molecule has 1 heterocycles. The molecule has 3 saturated carbocycles. The van der Waals surface area contributed by atoms with Crippen LogP contribution in [0.2, 0.25) is 5.02 Å². The second-order valence-corrected chi connectivity index (χ2v) is 9.40. The fraction of sp³-hybridized carbons (Fsp3) is 0.474. The fourth-order valence-electron chi connectivity index (χ4n) is 5.33.